The van der Waals surface area contributed by atoms with Gasteiger partial charge in [-0.25, -0.2) is 18.4 Å². The maximum Gasteiger partial charge on any atom is 0.183 e. The summed E-state index contributed by atoms with van der Waals surface area (Å²) in [4.78, 5) is 9.85. The molecule has 0 aromatic carbocycles. The molecular formula is C10H12N4O2S. The molecule has 0 aliphatic carbocycles. The van der Waals surface area contributed by atoms with Gasteiger partial charge in [0, 0.05) is 25.5 Å². The number of nitriles is 1. The van der Waals surface area contributed by atoms with Gasteiger partial charge in [0.25, 0.3) is 0 Å². The molecule has 1 aliphatic heterocycles. The summed E-state index contributed by atoms with van der Waals surface area (Å²) in [5.41, 5.74) is 0.242. The zero-order valence-corrected chi connectivity index (χ0v) is 10.0. The van der Waals surface area contributed by atoms with Gasteiger partial charge in [0.2, 0.25) is 0 Å². The lowest BCUT2D eigenvalue weighted by atomic mass is 10.3. The first kappa shape index (κ1) is 11.8. The molecule has 2 heterocycles. The van der Waals surface area contributed by atoms with Gasteiger partial charge >= 0.3 is 0 Å². The molecule has 1 aliphatic rings. The van der Waals surface area contributed by atoms with Crippen molar-refractivity contribution in [1.82, 2.24) is 9.97 Å². The summed E-state index contributed by atoms with van der Waals surface area (Å²) in [5.74, 6) is 0.784. The Kier molecular flexibility index (Phi) is 3.24. The molecule has 0 amide bonds. The molecular weight excluding hydrogens is 240 g/mol. The highest BCUT2D eigenvalue weighted by Crippen LogP contribution is 2.16. The van der Waals surface area contributed by atoms with Crippen LogP contribution in [0.15, 0.2) is 12.4 Å². The Labute approximate surface area is 99.8 Å². The molecule has 90 valence electrons. The molecule has 0 N–H and O–H groups in total. The molecule has 0 spiro atoms. The van der Waals surface area contributed by atoms with Crippen molar-refractivity contribution in [3.63, 3.8) is 0 Å². The first-order chi connectivity index (χ1) is 8.12. The van der Waals surface area contributed by atoms with Crippen molar-refractivity contribution in [1.29, 1.82) is 5.26 Å². The van der Waals surface area contributed by atoms with Crippen LogP contribution in [0.25, 0.3) is 0 Å². The molecule has 0 radical (unpaired) electrons. The van der Waals surface area contributed by atoms with Gasteiger partial charge in [0.1, 0.15) is 6.07 Å². The number of sulfone groups is 1. The standard InChI is InChI=1S/C10H12N4O2S/c11-8-9-10(13-3-2-12-9)14-4-1-6-17(15,16)7-5-14/h2-3H,1,4-7H2. The molecule has 0 unspecified atom stereocenters. The monoisotopic (exact) mass is 252 g/mol. The Balaban J connectivity index is 2.26. The van der Waals surface area contributed by atoms with Crippen molar-refractivity contribution in [2.45, 2.75) is 6.42 Å². The molecule has 1 fully saturated rings. The minimum Gasteiger partial charge on any atom is -0.353 e. The van der Waals surface area contributed by atoms with Crippen molar-refractivity contribution in [3.8, 4) is 6.07 Å². The minimum absolute atomic E-state index is 0.106. The summed E-state index contributed by atoms with van der Waals surface area (Å²) in [5, 5.41) is 8.92. The van der Waals surface area contributed by atoms with Gasteiger partial charge in [-0.15, -0.1) is 0 Å². The molecule has 0 saturated carbocycles. The van der Waals surface area contributed by atoms with E-state index in [0.29, 0.717) is 25.3 Å². The quantitative estimate of drug-likeness (QED) is 0.697. The number of hydrogen-bond acceptors (Lipinski definition) is 6. The molecule has 2 rings (SSSR count). The summed E-state index contributed by atoms with van der Waals surface area (Å²) in [6.07, 6.45) is 3.52. The highest BCUT2D eigenvalue weighted by Gasteiger charge is 2.21. The van der Waals surface area contributed by atoms with E-state index >= 15 is 0 Å². The third-order valence-electron chi connectivity index (χ3n) is 2.64. The van der Waals surface area contributed by atoms with Gasteiger partial charge in [0.15, 0.2) is 21.3 Å². The number of nitrogens with zero attached hydrogens (tertiary/aromatic N) is 4. The van der Waals surface area contributed by atoms with E-state index in [1.54, 1.807) is 0 Å². The van der Waals surface area contributed by atoms with Crippen molar-refractivity contribution < 1.29 is 8.42 Å². The summed E-state index contributed by atoms with van der Waals surface area (Å²) in [7, 11) is -2.95. The SMILES string of the molecule is N#Cc1nccnc1N1CCCS(=O)(=O)CC1. The van der Waals surface area contributed by atoms with E-state index in [0.717, 1.165) is 0 Å². The van der Waals surface area contributed by atoms with Crippen LogP contribution in [0.5, 0.6) is 0 Å². The van der Waals surface area contributed by atoms with E-state index in [1.165, 1.54) is 12.4 Å². The topological polar surface area (TPSA) is 86.9 Å². The maximum absolute atomic E-state index is 11.5. The fourth-order valence-corrected chi connectivity index (χ4v) is 3.06. The van der Waals surface area contributed by atoms with Crippen LogP contribution >= 0.6 is 0 Å². The van der Waals surface area contributed by atoms with Crippen LogP contribution in [0, 0.1) is 11.3 Å². The number of aromatic nitrogens is 2. The molecule has 1 saturated heterocycles. The first-order valence-electron chi connectivity index (χ1n) is 5.29. The highest BCUT2D eigenvalue weighted by atomic mass is 32.2. The number of hydrogen-bond donors (Lipinski definition) is 0. The molecule has 0 bridgehead atoms. The van der Waals surface area contributed by atoms with Crippen molar-refractivity contribution >= 4 is 15.7 Å². The Hall–Kier alpha value is -1.68. The van der Waals surface area contributed by atoms with Crippen molar-refractivity contribution in [3.05, 3.63) is 18.1 Å². The largest absolute Gasteiger partial charge is 0.353 e. The molecule has 17 heavy (non-hydrogen) atoms. The molecule has 0 atom stereocenters. The van der Waals surface area contributed by atoms with Crippen LogP contribution in [-0.4, -0.2) is 43.0 Å². The van der Waals surface area contributed by atoms with Crippen LogP contribution in [0.2, 0.25) is 0 Å². The summed E-state index contributed by atoms with van der Waals surface area (Å²) in [6, 6.07) is 1.97. The van der Waals surface area contributed by atoms with Crippen molar-refractivity contribution in [2.24, 2.45) is 0 Å². The third kappa shape index (κ3) is 2.71. The molecule has 6 nitrogen and oxygen atoms in total. The summed E-state index contributed by atoms with van der Waals surface area (Å²) >= 11 is 0. The summed E-state index contributed by atoms with van der Waals surface area (Å²) in [6.45, 7) is 0.961. The van der Waals surface area contributed by atoms with Gasteiger partial charge in [-0.3, -0.25) is 0 Å². The van der Waals surface area contributed by atoms with E-state index < -0.39 is 9.84 Å². The zero-order chi connectivity index (χ0) is 12.3. The van der Waals surface area contributed by atoms with E-state index in [9.17, 15) is 8.42 Å². The zero-order valence-electron chi connectivity index (χ0n) is 9.20. The van der Waals surface area contributed by atoms with Crippen LogP contribution in [-0.2, 0) is 9.84 Å². The van der Waals surface area contributed by atoms with Crippen LogP contribution < -0.4 is 4.90 Å². The van der Waals surface area contributed by atoms with Gasteiger partial charge < -0.3 is 4.90 Å². The first-order valence-corrected chi connectivity index (χ1v) is 7.11. The van der Waals surface area contributed by atoms with E-state index in [-0.39, 0.29) is 17.2 Å². The fraction of sp³-hybridized carbons (Fsp3) is 0.500. The Morgan fingerprint density at radius 2 is 2.00 bits per heavy atom. The average molecular weight is 252 g/mol. The Morgan fingerprint density at radius 1 is 1.24 bits per heavy atom. The second-order valence-corrected chi connectivity index (χ2v) is 6.14. The molecule has 7 heteroatoms. The lowest BCUT2D eigenvalue weighted by molar-refractivity contribution is 0.597. The minimum atomic E-state index is -2.95. The fourth-order valence-electron chi connectivity index (χ4n) is 1.79. The maximum atomic E-state index is 11.5. The predicted molar refractivity (Wildman–Crippen MR) is 62.2 cm³/mol. The molecule has 1 aromatic rings. The van der Waals surface area contributed by atoms with E-state index in [4.69, 9.17) is 5.26 Å². The predicted octanol–water partition coefficient (Wildman–Crippen LogP) is -0.0268. The third-order valence-corrected chi connectivity index (χ3v) is 4.36. The van der Waals surface area contributed by atoms with Gasteiger partial charge in [0.05, 0.1) is 11.5 Å². The van der Waals surface area contributed by atoms with Crippen LogP contribution in [0.1, 0.15) is 12.1 Å². The van der Waals surface area contributed by atoms with Crippen LogP contribution in [0.3, 0.4) is 0 Å². The number of anilines is 1. The van der Waals surface area contributed by atoms with Gasteiger partial charge in [-0.1, -0.05) is 0 Å². The summed E-state index contributed by atoms with van der Waals surface area (Å²) < 4.78 is 22.9. The highest BCUT2D eigenvalue weighted by molar-refractivity contribution is 7.91. The second-order valence-electron chi connectivity index (χ2n) is 3.83. The van der Waals surface area contributed by atoms with Crippen molar-refractivity contribution in [2.75, 3.05) is 29.5 Å². The number of rotatable bonds is 1. The normalized spacial score (nSPS) is 19.4. The Morgan fingerprint density at radius 3 is 2.76 bits per heavy atom. The Bertz CT molecular complexity index is 550. The van der Waals surface area contributed by atoms with Gasteiger partial charge in [-0.05, 0) is 6.42 Å². The smallest absolute Gasteiger partial charge is 0.183 e. The lowest BCUT2D eigenvalue weighted by Gasteiger charge is -2.20. The van der Waals surface area contributed by atoms with E-state index in [1.807, 2.05) is 11.0 Å². The van der Waals surface area contributed by atoms with Gasteiger partial charge in [-0.2, -0.15) is 5.26 Å². The molecule has 1 aromatic heterocycles. The average Bonchev–Trinajstić information content (AvgIpc) is 2.50. The van der Waals surface area contributed by atoms with Crippen LogP contribution in [0.4, 0.5) is 5.82 Å². The van der Waals surface area contributed by atoms with E-state index in [2.05, 4.69) is 9.97 Å². The second kappa shape index (κ2) is 4.67. The lowest BCUT2D eigenvalue weighted by Crippen LogP contribution is -2.28.